The number of anilines is 6. The van der Waals surface area contributed by atoms with Crippen LogP contribution < -0.4 is 9.80 Å². The molecule has 0 saturated heterocycles. The summed E-state index contributed by atoms with van der Waals surface area (Å²) >= 11 is 1.86. The summed E-state index contributed by atoms with van der Waals surface area (Å²) in [5.74, 6) is 0. The Morgan fingerprint density at radius 3 is 1.43 bits per heavy atom. The van der Waals surface area contributed by atoms with Crippen LogP contribution in [0.3, 0.4) is 0 Å². The molecule has 0 aliphatic heterocycles. The van der Waals surface area contributed by atoms with Crippen LogP contribution in [-0.2, 0) is 0 Å². The van der Waals surface area contributed by atoms with Gasteiger partial charge in [0.25, 0.3) is 0 Å². The lowest BCUT2D eigenvalue weighted by atomic mass is 9.91. The van der Waals surface area contributed by atoms with Gasteiger partial charge in [-0.3, -0.25) is 0 Å². The second-order valence-electron chi connectivity index (χ2n) is 13.5. The molecule has 10 aromatic rings. The number of hydrogen-bond acceptors (Lipinski definition) is 3. The number of aryl methyl sites for hydroxylation is 2. The summed E-state index contributed by atoms with van der Waals surface area (Å²) in [5, 5.41) is 10.1. The van der Waals surface area contributed by atoms with Crippen LogP contribution in [-0.4, -0.2) is 0 Å². The average Bonchev–Trinajstić information content (AvgIpc) is 3.55. The molecule has 3 heteroatoms. The van der Waals surface area contributed by atoms with E-state index in [1.54, 1.807) is 0 Å². The van der Waals surface area contributed by atoms with Crippen LogP contribution in [0.2, 0.25) is 0 Å². The van der Waals surface area contributed by atoms with Gasteiger partial charge in [0, 0.05) is 53.7 Å². The molecule has 51 heavy (non-hydrogen) atoms. The Labute approximate surface area is 301 Å². The van der Waals surface area contributed by atoms with Gasteiger partial charge in [0.1, 0.15) is 0 Å². The van der Waals surface area contributed by atoms with Crippen LogP contribution in [0.5, 0.6) is 0 Å². The lowest BCUT2D eigenvalue weighted by Gasteiger charge is -2.29. The number of para-hydroxylation sites is 1. The van der Waals surface area contributed by atoms with Crippen LogP contribution >= 0.6 is 11.3 Å². The summed E-state index contributed by atoms with van der Waals surface area (Å²) in [7, 11) is 0. The van der Waals surface area contributed by atoms with Crippen molar-refractivity contribution in [2.75, 3.05) is 9.80 Å². The molecule has 0 amide bonds. The largest absolute Gasteiger partial charge is 0.310 e. The highest BCUT2D eigenvalue weighted by Gasteiger charge is 2.22. The molecule has 0 aliphatic carbocycles. The minimum Gasteiger partial charge on any atom is -0.310 e. The highest BCUT2D eigenvalue weighted by molar-refractivity contribution is 7.25. The van der Waals surface area contributed by atoms with E-state index in [4.69, 9.17) is 0 Å². The molecular weight excluding hydrogens is 637 g/mol. The normalized spacial score (nSPS) is 11.7. The van der Waals surface area contributed by atoms with E-state index < -0.39 is 0 Å². The molecule has 1 heterocycles. The van der Waals surface area contributed by atoms with Crippen LogP contribution in [0.15, 0.2) is 170 Å². The van der Waals surface area contributed by atoms with Gasteiger partial charge in [0.2, 0.25) is 0 Å². The van der Waals surface area contributed by atoms with E-state index in [2.05, 4.69) is 194 Å². The molecule has 0 unspecified atom stereocenters. The van der Waals surface area contributed by atoms with Crippen molar-refractivity contribution in [3.05, 3.63) is 181 Å². The molecule has 9 aromatic carbocycles. The zero-order chi connectivity index (χ0) is 34.1. The Morgan fingerprint density at radius 2 is 0.824 bits per heavy atom. The first kappa shape index (κ1) is 29.7. The fourth-order valence-electron chi connectivity index (χ4n) is 7.83. The van der Waals surface area contributed by atoms with Gasteiger partial charge in [-0.05, 0) is 108 Å². The predicted octanol–water partition coefficient (Wildman–Crippen LogP) is 14.5. The first-order chi connectivity index (χ1) is 25.1. The molecule has 0 aliphatic rings. The standard InChI is InChI=1S/C48H34N2S/c1-31-12-20-36(21-13-31)49(35-8-4-3-5-9-35)43-27-18-33-17-26-41-44(28-19-34-16-25-40(43)47(33)48(34)41)50(37-22-14-32(2)15-23-37)38-24-29-46-42(30-38)39-10-6-7-11-45(39)51-46/h3-30H,1-2H3. The fraction of sp³-hybridized carbons (Fsp3) is 0.0417. The van der Waals surface area contributed by atoms with Crippen molar-refractivity contribution in [1.29, 1.82) is 0 Å². The van der Waals surface area contributed by atoms with Crippen LogP contribution in [0.4, 0.5) is 34.1 Å². The molecule has 0 atom stereocenters. The maximum Gasteiger partial charge on any atom is 0.0540 e. The van der Waals surface area contributed by atoms with Gasteiger partial charge in [-0.1, -0.05) is 108 Å². The number of nitrogens with zero attached hydrogens (tertiary/aromatic N) is 2. The van der Waals surface area contributed by atoms with Gasteiger partial charge in [-0.2, -0.15) is 0 Å². The third-order valence-electron chi connectivity index (χ3n) is 10.3. The van der Waals surface area contributed by atoms with Crippen molar-refractivity contribution < 1.29 is 0 Å². The molecule has 242 valence electrons. The van der Waals surface area contributed by atoms with Crippen LogP contribution in [0.1, 0.15) is 11.1 Å². The van der Waals surface area contributed by atoms with Gasteiger partial charge < -0.3 is 9.80 Å². The van der Waals surface area contributed by atoms with E-state index in [1.807, 2.05) is 11.3 Å². The number of thiophene rings is 1. The lowest BCUT2D eigenvalue weighted by molar-refractivity contribution is 1.29. The number of benzene rings is 9. The van der Waals surface area contributed by atoms with Crippen molar-refractivity contribution in [2.24, 2.45) is 0 Å². The van der Waals surface area contributed by atoms with Crippen molar-refractivity contribution in [1.82, 2.24) is 0 Å². The number of rotatable bonds is 6. The van der Waals surface area contributed by atoms with Crippen molar-refractivity contribution in [3.63, 3.8) is 0 Å². The lowest BCUT2D eigenvalue weighted by Crippen LogP contribution is -2.11. The Morgan fingerprint density at radius 1 is 0.353 bits per heavy atom. The fourth-order valence-corrected chi connectivity index (χ4v) is 8.92. The second-order valence-corrected chi connectivity index (χ2v) is 14.6. The summed E-state index contributed by atoms with van der Waals surface area (Å²) in [5.41, 5.74) is 9.41. The number of hydrogen-bond donors (Lipinski definition) is 0. The maximum atomic E-state index is 2.45. The minimum absolute atomic E-state index is 1.14. The minimum atomic E-state index is 1.14. The second kappa shape index (κ2) is 11.7. The van der Waals surface area contributed by atoms with Gasteiger partial charge in [-0.15, -0.1) is 11.3 Å². The van der Waals surface area contributed by atoms with Gasteiger partial charge >= 0.3 is 0 Å². The van der Waals surface area contributed by atoms with E-state index in [1.165, 1.54) is 75.0 Å². The molecule has 0 saturated carbocycles. The zero-order valence-corrected chi connectivity index (χ0v) is 29.3. The Kier molecular flexibility index (Phi) is 6.83. The highest BCUT2D eigenvalue weighted by Crippen LogP contribution is 2.48. The molecule has 0 N–H and O–H groups in total. The molecule has 0 spiro atoms. The van der Waals surface area contributed by atoms with E-state index in [-0.39, 0.29) is 0 Å². The molecule has 2 nitrogen and oxygen atoms in total. The van der Waals surface area contributed by atoms with Crippen LogP contribution in [0, 0.1) is 13.8 Å². The number of fused-ring (bicyclic) bond motifs is 3. The van der Waals surface area contributed by atoms with Gasteiger partial charge in [0.15, 0.2) is 0 Å². The summed E-state index contributed by atoms with van der Waals surface area (Å²) in [6.07, 6.45) is 0. The molecule has 0 radical (unpaired) electrons. The molecule has 10 rings (SSSR count). The van der Waals surface area contributed by atoms with E-state index in [9.17, 15) is 0 Å². The summed E-state index contributed by atoms with van der Waals surface area (Å²) in [6, 6.07) is 62.6. The molecule has 1 aromatic heterocycles. The van der Waals surface area contributed by atoms with E-state index in [0.29, 0.717) is 0 Å². The monoisotopic (exact) mass is 670 g/mol. The smallest absolute Gasteiger partial charge is 0.0540 e. The van der Waals surface area contributed by atoms with Gasteiger partial charge in [0.05, 0.1) is 11.4 Å². The topological polar surface area (TPSA) is 6.48 Å². The maximum absolute atomic E-state index is 2.45. The quantitative estimate of drug-likeness (QED) is 0.162. The first-order valence-corrected chi connectivity index (χ1v) is 18.3. The summed E-state index contributed by atoms with van der Waals surface area (Å²) < 4.78 is 2.63. The first-order valence-electron chi connectivity index (χ1n) is 17.5. The Bertz CT molecular complexity index is 2870. The molecule has 0 bridgehead atoms. The van der Waals surface area contributed by atoms with Crippen molar-refractivity contribution in [2.45, 2.75) is 13.8 Å². The summed E-state index contributed by atoms with van der Waals surface area (Å²) in [4.78, 5) is 4.84. The zero-order valence-electron chi connectivity index (χ0n) is 28.5. The Balaban J connectivity index is 1.23. The third-order valence-corrected chi connectivity index (χ3v) is 11.5. The van der Waals surface area contributed by atoms with Crippen LogP contribution in [0.25, 0.3) is 52.5 Å². The van der Waals surface area contributed by atoms with E-state index >= 15 is 0 Å². The summed E-state index contributed by atoms with van der Waals surface area (Å²) in [6.45, 7) is 4.30. The average molecular weight is 671 g/mol. The molecular formula is C48H34N2S. The van der Waals surface area contributed by atoms with Crippen molar-refractivity contribution in [3.8, 4) is 0 Å². The van der Waals surface area contributed by atoms with E-state index in [0.717, 1.165) is 22.7 Å². The SMILES string of the molecule is Cc1ccc(N(c2ccccc2)c2ccc3ccc4c(N(c5ccc(C)cc5)c5ccc6sc7ccccc7c6c5)ccc5ccc2c3c54)cc1. The Hall–Kier alpha value is -6.16. The third kappa shape index (κ3) is 4.85. The van der Waals surface area contributed by atoms with Gasteiger partial charge in [-0.25, -0.2) is 0 Å². The molecule has 0 fully saturated rings. The predicted molar refractivity (Wildman–Crippen MR) is 222 cm³/mol. The highest BCUT2D eigenvalue weighted by atomic mass is 32.1. The van der Waals surface area contributed by atoms with Crippen molar-refractivity contribution >= 4 is 98.0 Å².